The molecule has 0 unspecified atom stereocenters. The smallest absolute Gasteiger partial charge is 0.252 e. The van der Waals surface area contributed by atoms with Crippen molar-refractivity contribution in [1.82, 2.24) is 15.2 Å². The van der Waals surface area contributed by atoms with E-state index in [-0.39, 0.29) is 12.0 Å². The number of rotatable bonds is 4. The number of benzene rings is 2. The Balaban J connectivity index is 1.41. The van der Waals surface area contributed by atoms with Crippen molar-refractivity contribution in [3.8, 4) is 11.5 Å². The Morgan fingerprint density at radius 2 is 1.97 bits per heavy atom. The number of carbonyl (C=O) groups excluding carboxylic acids is 1. The van der Waals surface area contributed by atoms with Crippen molar-refractivity contribution in [2.24, 2.45) is 0 Å². The van der Waals surface area contributed by atoms with Gasteiger partial charge in [0.2, 0.25) is 0 Å². The predicted molar refractivity (Wildman–Crippen MR) is 115 cm³/mol. The Kier molecular flexibility index (Phi) is 5.01. The molecular weight excluding hydrogens is 378 g/mol. The molecule has 0 bridgehead atoms. The standard InChI is InChI=1S/C24H25N3O3/c1-2-27-12-11-20-18(14-27)23(17-7-3-4-8-19(17)26-20)24(28)25-13-16-15-29-21-9-5-6-10-22(21)30-16/h3-10,16H,2,11-15H2,1H3,(H,25,28)/t16-/m1/s1. The summed E-state index contributed by atoms with van der Waals surface area (Å²) in [4.78, 5) is 20.6. The summed E-state index contributed by atoms with van der Waals surface area (Å²) in [5.74, 6) is 1.38. The van der Waals surface area contributed by atoms with Crippen LogP contribution >= 0.6 is 0 Å². The molecule has 154 valence electrons. The van der Waals surface area contributed by atoms with Crippen molar-refractivity contribution in [2.75, 3.05) is 26.2 Å². The molecule has 30 heavy (non-hydrogen) atoms. The largest absolute Gasteiger partial charge is 0.486 e. The van der Waals surface area contributed by atoms with Gasteiger partial charge in [-0.2, -0.15) is 0 Å². The van der Waals surface area contributed by atoms with E-state index in [4.69, 9.17) is 14.5 Å². The summed E-state index contributed by atoms with van der Waals surface area (Å²) < 4.78 is 11.8. The van der Waals surface area contributed by atoms with Gasteiger partial charge in [-0.15, -0.1) is 0 Å². The number of nitrogens with one attached hydrogen (secondary N) is 1. The third-order valence-corrected chi connectivity index (χ3v) is 5.86. The van der Waals surface area contributed by atoms with Crippen LogP contribution in [0.4, 0.5) is 0 Å². The van der Waals surface area contributed by atoms with Gasteiger partial charge < -0.3 is 14.8 Å². The van der Waals surface area contributed by atoms with Gasteiger partial charge >= 0.3 is 0 Å². The van der Waals surface area contributed by atoms with E-state index in [1.807, 2.05) is 48.5 Å². The van der Waals surface area contributed by atoms with Crippen molar-refractivity contribution >= 4 is 16.8 Å². The highest BCUT2D eigenvalue weighted by molar-refractivity contribution is 6.07. The molecule has 1 aromatic heterocycles. The second-order valence-corrected chi connectivity index (χ2v) is 7.76. The molecule has 0 aliphatic carbocycles. The number of amides is 1. The van der Waals surface area contributed by atoms with Gasteiger partial charge in [-0.05, 0) is 24.7 Å². The molecule has 0 saturated heterocycles. The molecular formula is C24H25N3O3. The molecule has 1 N–H and O–H groups in total. The third-order valence-electron chi connectivity index (χ3n) is 5.86. The number of hydrogen-bond acceptors (Lipinski definition) is 5. The highest BCUT2D eigenvalue weighted by Gasteiger charge is 2.27. The van der Waals surface area contributed by atoms with Crippen molar-refractivity contribution in [3.05, 3.63) is 65.4 Å². The van der Waals surface area contributed by atoms with Crippen LogP contribution in [0.5, 0.6) is 11.5 Å². The Hall–Kier alpha value is -3.12. The quantitative estimate of drug-likeness (QED) is 0.725. The van der Waals surface area contributed by atoms with Crippen molar-refractivity contribution in [3.63, 3.8) is 0 Å². The number of fused-ring (bicyclic) bond motifs is 3. The van der Waals surface area contributed by atoms with Gasteiger partial charge in [0.15, 0.2) is 11.5 Å². The number of pyridine rings is 1. The Morgan fingerprint density at radius 1 is 1.17 bits per heavy atom. The van der Waals surface area contributed by atoms with Crippen LogP contribution < -0.4 is 14.8 Å². The van der Waals surface area contributed by atoms with Crippen LogP contribution in [0.1, 0.15) is 28.5 Å². The number of aromatic nitrogens is 1. The summed E-state index contributed by atoms with van der Waals surface area (Å²) >= 11 is 0. The maximum atomic E-state index is 13.4. The highest BCUT2D eigenvalue weighted by atomic mass is 16.6. The minimum atomic E-state index is -0.222. The number of ether oxygens (including phenoxy) is 2. The van der Waals surface area contributed by atoms with Crippen molar-refractivity contribution < 1.29 is 14.3 Å². The lowest BCUT2D eigenvalue weighted by molar-refractivity contribution is 0.0788. The van der Waals surface area contributed by atoms with Gasteiger partial charge in [0, 0.05) is 36.2 Å². The van der Waals surface area contributed by atoms with Gasteiger partial charge in [0.1, 0.15) is 12.7 Å². The zero-order valence-electron chi connectivity index (χ0n) is 17.1. The first kappa shape index (κ1) is 18.9. The summed E-state index contributed by atoms with van der Waals surface area (Å²) in [5.41, 5.74) is 3.70. The van der Waals surface area contributed by atoms with Gasteiger partial charge in [0.25, 0.3) is 5.91 Å². The number of likely N-dealkylation sites (N-methyl/N-ethyl adjacent to an activating group) is 1. The zero-order chi connectivity index (χ0) is 20.5. The fourth-order valence-corrected chi connectivity index (χ4v) is 4.23. The summed E-state index contributed by atoms with van der Waals surface area (Å²) in [6.45, 7) is 5.63. The van der Waals surface area contributed by atoms with E-state index in [0.717, 1.165) is 59.5 Å². The highest BCUT2D eigenvalue weighted by Crippen LogP contribution is 2.31. The summed E-state index contributed by atoms with van der Waals surface area (Å²) in [6, 6.07) is 15.5. The summed E-state index contributed by atoms with van der Waals surface area (Å²) in [7, 11) is 0. The molecule has 2 aliphatic rings. The topological polar surface area (TPSA) is 63.7 Å². The first-order valence-corrected chi connectivity index (χ1v) is 10.5. The van der Waals surface area contributed by atoms with E-state index >= 15 is 0 Å². The molecule has 6 heteroatoms. The summed E-state index contributed by atoms with van der Waals surface area (Å²) in [5, 5.41) is 3.99. The molecule has 2 aromatic carbocycles. The van der Waals surface area contributed by atoms with Crippen LogP contribution in [0, 0.1) is 0 Å². The zero-order valence-corrected chi connectivity index (χ0v) is 17.1. The number of para-hydroxylation sites is 3. The molecule has 0 fully saturated rings. The van der Waals surface area contributed by atoms with Gasteiger partial charge in [-0.3, -0.25) is 14.7 Å². The number of hydrogen-bond donors (Lipinski definition) is 1. The van der Waals surface area contributed by atoms with Crippen LogP contribution in [-0.2, 0) is 13.0 Å². The minimum absolute atomic E-state index is 0.0785. The molecule has 5 rings (SSSR count). The van der Waals surface area contributed by atoms with Crippen LogP contribution in [0.3, 0.4) is 0 Å². The average molecular weight is 403 g/mol. The Morgan fingerprint density at radius 3 is 2.83 bits per heavy atom. The van der Waals surface area contributed by atoms with Crippen LogP contribution in [0.2, 0.25) is 0 Å². The van der Waals surface area contributed by atoms with E-state index in [1.165, 1.54) is 0 Å². The van der Waals surface area contributed by atoms with Crippen molar-refractivity contribution in [1.29, 1.82) is 0 Å². The second-order valence-electron chi connectivity index (χ2n) is 7.76. The molecule has 1 atom stereocenters. The SMILES string of the molecule is CCN1CCc2nc3ccccc3c(C(=O)NC[C@@H]3COc4ccccc4O3)c2C1. The average Bonchev–Trinajstić information content (AvgIpc) is 2.80. The second kappa shape index (κ2) is 7.95. The third kappa shape index (κ3) is 3.48. The maximum Gasteiger partial charge on any atom is 0.252 e. The fourth-order valence-electron chi connectivity index (χ4n) is 4.23. The minimum Gasteiger partial charge on any atom is -0.486 e. The lowest BCUT2D eigenvalue weighted by Gasteiger charge is -2.29. The molecule has 3 aromatic rings. The molecule has 0 radical (unpaired) electrons. The lowest BCUT2D eigenvalue weighted by Crippen LogP contribution is -2.41. The van der Waals surface area contributed by atoms with Gasteiger partial charge in [-0.25, -0.2) is 0 Å². The monoisotopic (exact) mass is 403 g/mol. The Bertz CT molecular complexity index is 1100. The van der Waals surface area contributed by atoms with E-state index in [0.29, 0.717) is 18.9 Å². The maximum absolute atomic E-state index is 13.4. The van der Waals surface area contributed by atoms with Crippen LogP contribution in [-0.4, -0.2) is 48.1 Å². The fraction of sp³-hybridized carbons (Fsp3) is 0.333. The molecule has 0 saturated carbocycles. The van der Waals surface area contributed by atoms with E-state index in [1.54, 1.807) is 0 Å². The molecule has 1 amide bonds. The Labute approximate surface area is 175 Å². The number of carbonyl (C=O) groups is 1. The van der Waals surface area contributed by atoms with E-state index in [9.17, 15) is 4.79 Å². The molecule has 3 heterocycles. The molecule has 0 spiro atoms. The van der Waals surface area contributed by atoms with Crippen molar-refractivity contribution in [2.45, 2.75) is 26.0 Å². The first-order valence-electron chi connectivity index (χ1n) is 10.5. The number of nitrogens with zero attached hydrogens (tertiary/aromatic N) is 2. The first-order chi connectivity index (χ1) is 14.7. The van der Waals surface area contributed by atoms with E-state index in [2.05, 4.69) is 17.1 Å². The molecule has 2 aliphatic heterocycles. The normalized spacial score (nSPS) is 18.1. The lowest BCUT2D eigenvalue weighted by atomic mass is 9.95. The van der Waals surface area contributed by atoms with Crippen LogP contribution in [0.25, 0.3) is 10.9 Å². The van der Waals surface area contributed by atoms with Gasteiger partial charge in [-0.1, -0.05) is 37.3 Å². The van der Waals surface area contributed by atoms with Crippen LogP contribution in [0.15, 0.2) is 48.5 Å². The van der Waals surface area contributed by atoms with Gasteiger partial charge in [0.05, 0.1) is 17.6 Å². The van der Waals surface area contributed by atoms with E-state index < -0.39 is 0 Å². The molecule has 6 nitrogen and oxygen atoms in total. The summed E-state index contributed by atoms with van der Waals surface area (Å²) in [6.07, 6.45) is 0.643. The predicted octanol–water partition coefficient (Wildman–Crippen LogP) is 3.18.